The van der Waals surface area contributed by atoms with Crippen molar-refractivity contribution in [3.05, 3.63) is 41.6 Å². The van der Waals surface area contributed by atoms with Crippen molar-refractivity contribution < 1.29 is 21.9 Å². The number of hydrogen-bond donors (Lipinski definition) is 1. The summed E-state index contributed by atoms with van der Waals surface area (Å²) in [5.41, 5.74) is 0.499. The largest absolute Gasteiger partial charge is 0.493 e. The Morgan fingerprint density at radius 2 is 2.00 bits per heavy atom. The van der Waals surface area contributed by atoms with Gasteiger partial charge in [0.2, 0.25) is 5.82 Å². The van der Waals surface area contributed by atoms with Gasteiger partial charge in [-0.1, -0.05) is 6.92 Å². The van der Waals surface area contributed by atoms with Crippen LogP contribution in [-0.2, 0) is 16.3 Å². The van der Waals surface area contributed by atoms with Gasteiger partial charge in [0, 0.05) is 18.0 Å². The normalized spacial score (nSPS) is 11.3. The fraction of sp³-hybridized carbons (Fsp3) is 0.267. The highest BCUT2D eigenvalue weighted by Crippen LogP contribution is 2.30. The molecule has 5 nitrogen and oxygen atoms in total. The van der Waals surface area contributed by atoms with Crippen LogP contribution < -0.4 is 10.1 Å². The Morgan fingerprint density at radius 1 is 1.30 bits per heavy atom. The molecule has 0 saturated carbocycles. The number of methoxy groups -OCH3 is 1. The summed E-state index contributed by atoms with van der Waals surface area (Å²) >= 11 is 0. The van der Waals surface area contributed by atoms with Crippen LogP contribution in [0.2, 0.25) is 0 Å². The van der Waals surface area contributed by atoms with E-state index in [-0.39, 0.29) is 22.2 Å². The molecule has 0 aliphatic rings. The number of ether oxygens (including phenoxy) is 1. The van der Waals surface area contributed by atoms with Gasteiger partial charge in [-0.3, -0.25) is 0 Å². The summed E-state index contributed by atoms with van der Waals surface area (Å²) in [5.74, 6) is -1.73. The highest BCUT2D eigenvalue weighted by Gasteiger charge is 2.17. The Bertz CT molecular complexity index is 839. The van der Waals surface area contributed by atoms with Crippen LogP contribution >= 0.6 is 0 Å². The van der Waals surface area contributed by atoms with Gasteiger partial charge >= 0.3 is 0 Å². The van der Waals surface area contributed by atoms with Gasteiger partial charge in [0.15, 0.2) is 21.4 Å². The Balaban J connectivity index is 2.40. The molecule has 1 heterocycles. The van der Waals surface area contributed by atoms with Gasteiger partial charge in [-0.25, -0.2) is 17.8 Å². The van der Waals surface area contributed by atoms with E-state index in [1.807, 2.05) is 6.92 Å². The second-order valence-electron chi connectivity index (χ2n) is 4.87. The van der Waals surface area contributed by atoms with Crippen molar-refractivity contribution in [3.63, 3.8) is 0 Å². The maximum atomic E-state index is 14.3. The first-order valence-electron chi connectivity index (χ1n) is 6.76. The lowest BCUT2D eigenvalue weighted by molar-refractivity contribution is 0.381. The van der Waals surface area contributed by atoms with Gasteiger partial charge in [-0.2, -0.15) is 4.39 Å². The molecule has 0 aliphatic carbocycles. The van der Waals surface area contributed by atoms with Crippen LogP contribution in [0.3, 0.4) is 0 Å². The number of rotatable bonds is 5. The Morgan fingerprint density at radius 3 is 2.52 bits per heavy atom. The minimum absolute atomic E-state index is 0.0400. The summed E-state index contributed by atoms with van der Waals surface area (Å²) in [6.45, 7) is 1.83. The van der Waals surface area contributed by atoms with E-state index >= 15 is 0 Å². The molecule has 0 radical (unpaired) electrons. The van der Waals surface area contributed by atoms with E-state index in [1.165, 1.54) is 25.4 Å². The fourth-order valence-corrected chi connectivity index (χ4v) is 2.65. The van der Waals surface area contributed by atoms with Gasteiger partial charge in [-0.15, -0.1) is 0 Å². The van der Waals surface area contributed by atoms with Crippen molar-refractivity contribution in [2.75, 3.05) is 18.7 Å². The minimum Gasteiger partial charge on any atom is -0.493 e. The molecule has 0 unspecified atom stereocenters. The summed E-state index contributed by atoms with van der Waals surface area (Å²) in [4.78, 5) is 3.75. The molecule has 2 aromatic rings. The van der Waals surface area contributed by atoms with Gasteiger partial charge in [-0.05, 0) is 24.6 Å². The molecule has 0 aliphatic heterocycles. The molecular weight excluding hydrogens is 326 g/mol. The highest BCUT2D eigenvalue weighted by molar-refractivity contribution is 7.90. The average molecular weight is 342 g/mol. The van der Waals surface area contributed by atoms with Crippen LogP contribution in [0.15, 0.2) is 29.3 Å². The predicted molar refractivity (Wildman–Crippen MR) is 82.9 cm³/mol. The van der Waals surface area contributed by atoms with Gasteiger partial charge < -0.3 is 10.1 Å². The van der Waals surface area contributed by atoms with Crippen molar-refractivity contribution in [3.8, 4) is 5.75 Å². The lowest BCUT2D eigenvalue weighted by Gasteiger charge is -2.13. The zero-order valence-electron chi connectivity index (χ0n) is 12.9. The van der Waals surface area contributed by atoms with Crippen molar-refractivity contribution in [2.45, 2.75) is 18.2 Å². The molecule has 0 saturated heterocycles. The summed E-state index contributed by atoms with van der Waals surface area (Å²) in [7, 11) is -2.18. The third-order valence-electron chi connectivity index (χ3n) is 3.26. The lowest BCUT2D eigenvalue weighted by Crippen LogP contribution is -2.05. The molecule has 0 atom stereocenters. The third kappa shape index (κ3) is 3.58. The molecule has 2 rings (SSSR count). The SMILES string of the molecule is CCc1cnc(Nc2ccc(S(C)(=O)=O)cc2F)c(F)c1OC. The van der Waals surface area contributed by atoms with Crippen LogP contribution in [0.5, 0.6) is 5.75 Å². The van der Waals surface area contributed by atoms with E-state index in [4.69, 9.17) is 4.74 Å². The summed E-state index contributed by atoms with van der Waals surface area (Å²) < 4.78 is 56.1. The maximum Gasteiger partial charge on any atom is 0.207 e. The van der Waals surface area contributed by atoms with E-state index < -0.39 is 21.5 Å². The summed E-state index contributed by atoms with van der Waals surface area (Å²) in [6, 6.07) is 3.32. The number of anilines is 2. The second-order valence-corrected chi connectivity index (χ2v) is 6.89. The fourth-order valence-electron chi connectivity index (χ4n) is 2.02. The maximum absolute atomic E-state index is 14.3. The number of benzene rings is 1. The summed E-state index contributed by atoms with van der Waals surface area (Å²) in [5, 5.41) is 2.51. The van der Waals surface area contributed by atoms with Crippen molar-refractivity contribution in [2.24, 2.45) is 0 Å². The average Bonchev–Trinajstić information content (AvgIpc) is 2.49. The van der Waals surface area contributed by atoms with Crippen molar-refractivity contribution in [1.82, 2.24) is 4.98 Å². The number of hydrogen-bond acceptors (Lipinski definition) is 5. The first-order valence-corrected chi connectivity index (χ1v) is 8.65. The molecule has 1 aromatic heterocycles. The van der Waals surface area contributed by atoms with E-state index in [0.717, 1.165) is 12.3 Å². The number of aryl methyl sites for hydroxylation is 1. The predicted octanol–water partition coefficient (Wildman–Crippen LogP) is 3.08. The molecule has 0 bridgehead atoms. The zero-order chi connectivity index (χ0) is 17.2. The van der Waals surface area contributed by atoms with Crippen LogP contribution in [0.4, 0.5) is 20.3 Å². The second kappa shape index (κ2) is 6.49. The quantitative estimate of drug-likeness (QED) is 0.904. The number of pyridine rings is 1. The molecule has 8 heteroatoms. The molecule has 0 spiro atoms. The topological polar surface area (TPSA) is 68.3 Å². The molecule has 0 fully saturated rings. The summed E-state index contributed by atoms with van der Waals surface area (Å²) in [6.07, 6.45) is 2.95. The van der Waals surface area contributed by atoms with Gasteiger partial charge in [0.05, 0.1) is 17.7 Å². The monoisotopic (exact) mass is 342 g/mol. The molecule has 1 aromatic carbocycles. The standard InChI is InChI=1S/C15H16F2N2O3S/c1-4-9-8-18-15(13(17)14(9)22-2)19-12-6-5-10(7-11(12)16)23(3,20)21/h5-8H,4H2,1-3H3,(H,18,19). The molecule has 23 heavy (non-hydrogen) atoms. The third-order valence-corrected chi connectivity index (χ3v) is 4.37. The van der Waals surface area contributed by atoms with Crippen LogP contribution in [0.25, 0.3) is 0 Å². The smallest absolute Gasteiger partial charge is 0.207 e. The van der Waals surface area contributed by atoms with E-state index in [0.29, 0.717) is 12.0 Å². The Hall–Kier alpha value is -2.22. The van der Waals surface area contributed by atoms with E-state index in [1.54, 1.807) is 0 Å². The molecule has 1 N–H and O–H groups in total. The number of nitrogens with zero attached hydrogens (tertiary/aromatic N) is 1. The van der Waals surface area contributed by atoms with Gasteiger partial charge in [0.1, 0.15) is 5.82 Å². The van der Waals surface area contributed by atoms with Crippen LogP contribution in [0.1, 0.15) is 12.5 Å². The van der Waals surface area contributed by atoms with Crippen LogP contribution in [0, 0.1) is 11.6 Å². The Labute approximate surface area is 133 Å². The first kappa shape index (κ1) is 17.1. The van der Waals surface area contributed by atoms with Crippen LogP contribution in [-0.4, -0.2) is 26.8 Å². The number of nitrogens with one attached hydrogen (secondary N) is 1. The van der Waals surface area contributed by atoms with Crippen molar-refractivity contribution >= 4 is 21.3 Å². The van der Waals surface area contributed by atoms with Gasteiger partial charge in [0.25, 0.3) is 0 Å². The van der Waals surface area contributed by atoms with Crippen molar-refractivity contribution in [1.29, 1.82) is 0 Å². The minimum atomic E-state index is -3.52. The number of halogens is 2. The first-order chi connectivity index (χ1) is 10.8. The molecular formula is C15H16F2N2O3S. The van der Waals surface area contributed by atoms with E-state index in [9.17, 15) is 17.2 Å². The highest BCUT2D eigenvalue weighted by atomic mass is 32.2. The Kier molecular flexibility index (Phi) is 4.84. The molecule has 0 amide bonds. The lowest BCUT2D eigenvalue weighted by atomic mass is 10.2. The van der Waals surface area contributed by atoms with E-state index in [2.05, 4.69) is 10.3 Å². The zero-order valence-corrected chi connectivity index (χ0v) is 13.7. The number of sulfone groups is 1. The molecule has 124 valence electrons. The number of aromatic nitrogens is 1.